The summed E-state index contributed by atoms with van der Waals surface area (Å²) in [5, 5.41) is 12.0. The van der Waals surface area contributed by atoms with Crippen molar-refractivity contribution in [2.24, 2.45) is 0 Å². The SMILES string of the molecule is Cc1sc(NC(=O)c2cc(Cl)ccc2F)c(C(=O)O)c1C. The number of benzene rings is 1. The second-order valence-corrected chi connectivity index (χ2v) is 6.03. The average molecular weight is 328 g/mol. The summed E-state index contributed by atoms with van der Waals surface area (Å²) >= 11 is 6.87. The fourth-order valence-electron chi connectivity index (χ4n) is 1.81. The first-order chi connectivity index (χ1) is 9.81. The Labute approximate surface area is 129 Å². The van der Waals surface area contributed by atoms with Crippen molar-refractivity contribution in [2.75, 3.05) is 5.32 Å². The van der Waals surface area contributed by atoms with E-state index in [1.165, 1.54) is 12.1 Å². The number of hydrogen-bond donors (Lipinski definition) is 2. The summed E-state index contributed by atoms with van der Waals surface area (Å²) in [5.74, 6) is -2.60. The van der Waals surface area contributed by atoms with Gasteiger partial charge in [0, 0.05) is 9.90 Å². The van der Waals surface area contributed by atoms with E-state index in [0.717, 1.165) is 22.3 Å². The topological polar surface area (TPSA) is 66.4 Å². The summed E-state index contributed by atoms with van der Waals surface area (Å²) in [7, 11) is 0. The van der Waals surface area contributed by atoms with E-state index in [0.29, 0.717) is 5.56 Å². The molecule has 0 atom stereocenters. The van der Waals surface area contributed by atoms with Gasteiger partial charge in [-0.05, 0) is 37.6 Å². The third kappa shape index (κ3) is 3.06. The minimum absolute atomic E-state index is 0.0216. The molecule has 0 aliphatic heterocycles. The van der Waals surface area contributed by atoms with Crippen LogP contribution in [0.2, 0.25) is 5.02 Å². The lowest BCUT2D eigenvalue weighted by Crippen LogP contribution is -2.15. The number of hydrogen-bond acceptors (Lipinski definition) is 3. The number of halogens is 2. The van der Waals surface area contributed by atoms with E-state index in [-0.39, 0.29) is 21.2 Å². The van der Waals surface area contributed by atoms with Gasteiger partial charge in [-0.2, -0.15) is 0 Å². The summed E-state index contributed by atoms with van der Waals surface area (Å²) < 4.78 is 13.6. The molecule has 1 amide bonds. The molecule has 0 aliphatic rings. The van der Waals surface area contributed by atoms with Crippen LogP contribution in [-0.2, 0) is 0 Å². The zero-order valence-corrected chi connectivity index (χ0v) is 12.7. The van der Waals surface area contributed by atoms with Crippen LogP contribution in [0.15, 0.2) is 18.2 Å². The van der Waals surface area contributed by atoms with Crippen LogP contribution >= 0.6 is 22.9 Å². The van der Waals surface area contributed by atoms with E-state index >= 15 is 0 Å². The Morgan fingerprint density at radius 2 is 2.00 bits per heavy atom. The molecule has 0 saturated heterocycles. The molecule has 2 N–H and O–H groups in total. The standard InChI is InChI=1S/C14H11ClFNO3S/c1-6-7(2)21-13(11(6)14(19)20)17-12(18)9-5-8(15)3-4-10(9)16/h3-5H,1-2H3,(H,17,18)(H,19,20). The summed E-state index contributed by atoms with van der Waals surface area (Å²) in [5.41, 5.74) is 0.366. The third-order valence-electron chi connectivity index (χ3n) is 3.00. The predicted molar refractivity (Wildman–Crippen MR) is 80.1 cm³/mol. The molecule has 1 heterocycles. The van der Waals surface area contributed by atoms with Crippen molar-refractivity contribution in [2.45, 2.75) is 13.8 Å². The molecule has 110 valence electrons. The van der Waals surface area contributed by atoms with Crippen LogP contribution in [-0.4, -0.2) is 17.0 Å². The number of carbonyl (C=O) groups is 2. The van der Waals surface area contributed by atoms with Crippen LogP contribution in [0.4, 0.5) is 9.39 Å². The van der Waals surface area contributed by atoms with Crippen molar-refractivity contribution in [3.63, 3.8) is 0 Å². The molecular formula is C14H11ClFNO3S. The molecule has 0 fully saturated rings. The van der Waals surface area contributed by atoms with Crippen molar-refractivity contribution >= 4 is 39.8 Å². The van der Waals surface area contributed by atoms with Crippen LogP contribution < -0.4 is 5.32 Å². The fraction of sp³-hybridized carbons (Fsp3) is 0.143. The van der Waals surface area contributed by atoms with Gasteiger partial charge in [0.2, 0.25) is 0 Å². The molecule has 7 heteroatoms. The molecular weight excluding hydrogens is 317 g/mol. The second-order valence-electron chi connectivity index (χ2n) is 4.37. The molecule has 0 spiro atoms. The number of carbonyl (C=O) groups excluding carboxylic acids is 1. The van der Waals surface area contributed by atoms with Gasteiger partial charge in [0.1, 0.15) is 10.8 Å². The van der Waals surface area contributed by atoms with Crippen LogP contribution in [0.1, 0.15) is 31.2 Å². The van der Waals surface area contributed by atoms with Gasteiger partial charge in [0.05, 0.1) is 11.1 Å². The van der Waals surface area contributed by atoms with E-state index in [1.54, 1.807) is 13.8 Å². The number of amides is 1. The molecule has 2 rings (SSSR count). The number of carboxylic acid groups (broad SMARTS) is 1. The zero-order valence-electron chi connectivity index (χ0n) is 11.2. The minimum atomic E-state index is -1.14. The molecule has 1 aromatic carbocycles. The maximum Gasteiger partial charge on any atom is 0.338 e. The van der Waals surface area contributed by atoms with Crippen molar-refractivity contribution in [3.8, 4) is 0 Å². The van der Waals surface area contributed by atoms with Crippen LogP contribution in [0, 0.1) is 19.7 Å². The molecule has 0 bridgehead atoms. The number of aryl methyl sites for hydroxylation is 1. The number of rotatable bonds is 3. The van der Waals surface area contributed by atoms with Crippen molar-refractivity contribution in [3.05, 3.63) is 50.6 Å². The maximum absolute atomic E-state index is 13.6. The summed E-state index contributed by atoms with van der Waals surface area (Å²) in [6.45, 7) is 3.41. The highest BCUT2D eigenvalue weighted by atomic mass is 35.5. The van der Waals surface area contributed by atoms with E-state index in [1.807, 2.05) is 0 Å². The first-order valence-electron chi connectivity index (χ1n) is 5.91. The molecule has 0 unspecified atom stereocenters. The van der Waals surface area contributed by atoms with Gasteiger partial charge in [0.25, 0.3) is 5.91 Å². The van der Waals surface area contributed by atoms with Gasteiger partial charge in [-0.1, -0.05) is 11.6 Å². The van der Waals surface area contributed by atoms with Gasteiger partial charge in [-0.25, -0.2) is 9.18 Å². The quantitative estimate of drug-likeness (QED) is 0.891. The molecule has 0 radical (unpaired) electrons. The Morgan fingerprint density at radius 3 is 2.62 bits per heavy atom. The van der Waals surface area contributed by atoms with Gasteiger partial charge < -0.3 is 10.4 Å². The Morgan fingerprint density at radius 1 is 1.33 bits per heavy atom. The lowest BCUT2D eigenvalue weighted by Gasteiger charge is -2.06. The Bertz CT molecular complexity index is 742. The number of aromatic carboxylic acids is 1. The van der Waals surface area contributed by atoms with Crippen molar-refractivity contribution in [1.82, 2.24) is 0 Å². The fourth-order valence-corrected chi connectivity index (χ4v) is 3.03. The Hall–Kier alpha value is -1.92. The summed E-state index contributed by atoms with van der Waals surface area (Å²) in [6, 6.07) is 3.61. The van der Waals surface area contributed by atoms with E-state index < -0.39 is 17.7 Å². The van der Waals surface area contributed by atoms with Crippen LogP contribution in [0.25, 0.3) is 0 Å². The molecule has 2 aromatic rings. The number of carboxylic acids is 1. The second kappa shape index (κ2) is 5.83. The summed E-state index contributed by atoms with van der Waals surface area (Å²) in [4.78, 5) is 24.1. The molecule has 21 heavy (non-hydrogen) atoms. The van der Waals surface area contributed by atoms with Gasteiger partial charge in [-0.15, -0.1) is 11.3 Å². The summed E-state index contributed by atoms with van der Waals surface area (Å²) in [6.07, 6.45) is 0. The van der Waals surface area contributed by atoms with Crippen molar-refractivity contribution < 1.29 is 19.1 Å². The Balaban J connectivity index is 2.38. The van der Waals surface area contributed by atoms with Gasteiger partial charge >= 0.3 is 5.97 Å². The number of anilines is 1. The van der Waals surface area contributed by atoms with Crippen molar-refractivity contribution in [1.29, 1.82) is 0 Å². The molecule has 0 aliphatic carbocycles. The van der Waals surface area contributed by atoms with Crippen LogP contribution in [0.5, 0.6) is 0 Å². The van der Waals surface area contributed by atoms with E-state index in [9.17, 15) is 19.1 Å². The smallest absolute Gasteiger partial charge is 0.338 e. The first-order valence-corrected chi connectivity index (χ1v) is 7.10. The van der Waals surface area contributed by atoms with Gasteiger partial charge in [-0.3, -0.25) is 4.79 Å². The highest BCUT2D eigenvalue weighted by Crippen LogP contribution is 2.32. The first kappa shape index (κ1) is 15.5. The lowest BCUT2D eigenvalue weighted by atomic mass is 10.1. The largest absolute Gasteiger partial charge is 0.478 e. The molecule has 0 saturated carbocycles. The van der Waals surface area contributed by atoms with Gasteiger partial charge in [0.15, 0.2) is 0 Å². The Kier molecular flexibility index (Phi) is 4.29. The predicted octanol–water partition coefficient (Wildman–Crippen LogP) is 4.11. The highest BCUT2D eigenvalue weighted by Gasteiger charge is 2.22. The lowest BCUT2D eigenvalue weighted by molar-refractivity contribution is 0.0697. The maximum atomic E-state index is 13.6. The van der Waals surface area contributed by atoms with E-state index in [4.69, 9.17) is 11.6 Å². The minimum Gasteiger partial charge on any atom is -0.478 e. The molecule has 1 aromatic heterocycles. The van der Waals surface area contributed by atoms with Crippen LogP contribution in [0.3, 0.4) is 0 Å². The number of nitrogens with one attached hydrogen (secondary N) is 1. The zero-order chi connectivity index (χ0) is 15.7. The molecule has 4 nitrogen and oxygen atoms in total. The normalized spacial score (nSPS) is 10.5. The highest BCUT2D eigenvalue weighted by molar-refractivity contribution is 7.16. The number of thiophene rings is 1. The average Bonchev–Trinajstić information content (AvgIpc) is 2.67. The third-order valence-corrected chi connectivity index (χ3v) is 4.36. The van der Waals surface area contributed by atoms with E-state index in [2.05, 4.69) is 5.32 Å². The monoisotopic (exact) mass is 327 g/mol.